The second-order valence-corrected chi connectivity index (χ2v) is 6.39. The Morgan fingerprint density at radius 1 is 1.43 bits per heavy atom. The van der Waals surface area contributed by atoms with Gasteiger partial charge >= 0.3 is 6.03 Å². The fraction of sp³-hybridized carbons (Fsp3) is 0.611. The van der Waals surface area contributed by atoms with E-state index in [2.05, 4.69) is 5.32 Å². The molecule has 23 heavy (non-hydrogen) atoms. The Hall–Kier alpha value is -1.75. The van der Waals surface area contributed by atoms with E-state index in [1.54, 1.807) is 11.8 Å². The Morgan fingerprint density at radius 3 is 2.74 bits per heavy atom. The van der Waals surface area contributed by atoms with Crippen molar-refractivity contribution in [2.75, 3.05) is 26.2 Å². The molecule has 1 saturated heterocycles. The quantitative estimate of drug-likeness (QED) is 0.792. The van der Waals surface area contributed by atoms with E-state index in [1.807, 2.05) is 32.0 Å². The average molecular weight is 320 g/mol. The summed E-state index contributed by atoms with van der Waals surface area (Å²) in [5.41, 5.74) is 2.27. The van der Waals surface area contributed by atoms with Crippen LogP contribution < -0.4 is 10.1 Å². The highest BCUT2D eigenvalue weighted by molar-refractivity contribution is 5.74. The molecule has 0 bridgehead atoms. The lowest BCUT2D eigenvalue weighted by Gasteiger charge is -2.18. The second kappa shape index (κ2) is 8.20. The monoisotopic (exact) mass is 320 g/mol. The number of ether oxygens (including phenoxy) is 1. The second-order valence-electron chi connectivity index (χ2n) is 6.39. The van der Waals surface area contributed by atoms with Gasteiger partial charge in [0, 0.05) is 25.6 Å². The summed E-state index contributed by atoms with van der Waals surface area (Å²) in [6.07, 6.45) is 1.30. The van der Waals surface area contributed by atoms with Gasteiger partial charge in [-0.2, -0.15) is 0 Å². The fourth-order valence-corrected chi connectivity index (χ4v) is 2.95. The minimum absolute atomic E-state index is 0.0415. The van der Waals surface area contributed by atoms with E-state index in [9.17, 15) is 9.90 Å². The lowest BCUT2D eigenvalue weighted by molar-refractivity contribution is 0.129. The summed E-state index contributed by atoms with van der Waals surface area (Å²) >= 11 is 0. The van der Waals surface area contributed by atoms with Gasteiger partial charge in [0.2, 0.25) is 0 Å². The van der Waals surface area contributed by atoms with Crippen molar-refractivity contribution in [3.05, 3.63) is 29.3 Å². The highest BCUT2D eigenvalue weighted by atomic mass is 16.5. The van der Waals surface area contributed by atoms with Crippen LogP contribution in [0.2, 0.25) is 0 Å². The third-order valence-corrected chi connectivity index (χ3v) is 4.45. The van der Waals surface area contributed by atoms with Gasteiger partial charge in [0.1, 0.15) is 5.75 Å². The number of carbonyl (C=O) groups is 1. The molecule has 1 aromatic rings. The van der Waals surface area contributed by atoms with E-state index in [0.29, 0.717) is 19.7 Å². The molecule has 1 aliphatic rings. The van der Waals surface area contributed by atoms with Crippen molar-refractivity contribution in [3.8, 4) is 5.75 Å². The maximum atomic E-state index is 12.0. The molecule has 2 N–H and O–H groups in total. The van der Waals surface area contributed by atoms with Crippen LogP contribution in [0.1, 0.15) is 30.9 Å². The first-order valence-electron chi connectivity index (χ1n) is 8.39. The van der Waals surface area contributed by atoms with Crippen molar-refractivity contribution in [1.29, 1.82) is 0 Å². The van der Waals surface area contributed by atoms with Crippen LogP contribution in [0.25, 0.3) is 0 Å². The van der Waals surface area contributed by atoms with Crippen LogP contribution >= 0.6 is 0 Å². The van der Waals surface area contributed by atoms with Crippen molar-refractivity contribution < 1.29 is 14.6 Å². The number of aliphatic hydroxyl groups excluding tert-OH is 1. The van der Waals surface area contributed by atoms with Crippen LogP contribution in [0.5, 0.6) is 5.75 Å². The Kier molecular flexibility index (Phi) is 6.28. The number of nitrogens with one attached hydrogen (secondary N) is 1. The standard InChI is InChI=1S/C18H28N2O3/c1-13-6-4-7-14(2)17(13)23-11-5-9-19-18(22)20-10-8-16(12-20)15(3)21/h4,6-7,15-16,21H,5,8-12H2,1-3H3,(H,19,22)/t15-,16+/m0/s1. The SMILES string of the molecule is Cc1cccc(C)c1OCCCNC(=O)N1CC[C@@H]([C@H](C)O)C1. The number of rotatable bonds is 6. The topological polar surface area (TPSA) is 61.8 Å². The number of aliphatic hydroxyl groups is 1. The van der Waals surface area contributed by atoms with Crippen LogP contribution in [-0.4, -0.2) is 48.4 Å². The van der Waals surface area contributed by atoms with Gasteiger partial charge in [-0.15, -0.1) is 0 Å². The molecule has 2 atom stereocenters. The fourth-order valence-electron chi connectivity index (χ4n) is 2.95. The molecule has 0 aliphatic carbocycles. The summed E-state index contributed by atoms with van der Waals surface area (Å²) in [5, 5.41) is 12.5. The highest BCUT2D eigenvalue weighted by Crippen LogP contribution is 2.22. The number of hydrogen-bond donors (Lipinski definition) is 2. The van der Waals surface area contributed by atoms with Crippen LogP contribution in [-0.2, 0) is 0 Å². The van der Waals surface area contributed by atoms with Crippen molar-refractivity contribution in [3.63, 3.8) is 0 Å². The van der Waals surface area contributed by atoms with Gasteiger partial charge < -0.3 is 20.1 Å². The molecule has 1 aliphatic heterocycles. The molecular formula is C18H28N2O3. The van der Waals surface area contributed by atoms with Crippen molar-refractivity contribution in [2.24, 2.45) is 5.92 Å². The van der Waals surface area contributed by atoms with E-state index in [4.69, 9.17) is 4.74 Å². The van der Waals surface area contributed by atoms with Crippen molar-refractivity contribution >= 4 is 6.03 Å². The van der Waals surface area contributed by atoms with E-state index in [0.717, 1.165) is 36.3 Å². The van der Waals surface area contributed by atoms with Gasteiger partial charge in [-0.3, -0.25) is 0 Å². The Labute approximate surface area is 138 Å². The molecule has 0 saturated carbocycles. The molecule has 0 unspecified atom stereocenters. The molecule has 1 aromatic carbocycles. The van der Waals surface area contributed by atoms with Crippen LogP contribution in [0.3, 0.4) is 0 Å². The molecule has 1 heterocycles. The first-order chi connectivity index (χ1) is 11.0. The minimum Gasteiger partial charge on any atom is -0.493 e. The number of carbonyl (C=O) groups excluding carboxylic acids is 1. The van der Waals surface area contributed by atoms with Crippen molar-refractivity contribution in [2.45, 2.75) is 39.7 Å². The van der Waals surface area contributed by atoms with Crippen LogP contribution in [0.4, 0.5) is 4.79 Å². The molecular weight excluding hydrogens is 292 g/mol. The zero-order chi connectivity index (χ0) is 16.8. The number of nitrogens with zero attached hydrogens (tertiary/aromatic N) is 1. The molecule has 2 rings (SSSR count). The summed E-state index contributed by atoms with van der Waals surface area (Å²) in [5.74, 6) is 1.14. The number of benzene rings is 1. The maximum absolute atomic E-state index is 12.0. The lowest BCUT2D eigenvalue weighted by Crippen LogP contribution is -2.39. The van der Waals surface area contributed by atoms with E-state index >= 15 is 0 Å². The number of urea groups is 1. The summed E-state index contributed by atoms with van der Waals surface area (Å²) in [7, 11) is 0. The molecule has 2 amide bonds. The zero-order valence-electron chi connectivity index (χ0n) is 14.3. The Morgan fingerprint density at radius 2 is 2.13 bits per heavy atom. The number of amides is 2. The van der Waals surface area contributed by atoms with Crippen molar-refractivity contribution in [1.82, 2.24) is 10.2 Å². The largest absolute Gasteiger partial charge is 0.493 e. The molecule has 0 radical (unpaired) electrons. The van der Waals surface area contributed by atoms with Gasteiger partial charge in [-0.05, 0) is 44.7 Å². The molecule has 5 heteroatoms. The first-order valence-corrected chi connectivity index (χ1v) is 8.39. The summed E-state index contributed by atoms with van der Waals surface area (Å²) in [4.78, 5) is 13.8. The molecule has 1 fully saturated rings. The van der Waals surface area contributed by atoms with Gasteiger partial charge in [-0.1, -0.05) is 18.2 Å². The molecule has 128 valence electrons. The van der Waals surface area contributed by atoms with E-state index < -0.39 is 0 Å². The lowest BCUT2D eigenvalue weighted by atomic mass is 10.0. The number of para-hydroxylation sites is 1. The predicted molar refractivity (Wildman–Crippen MR) is 90.8 cm³/mol. The smallest absolute Gasteiger partial charge is 0.317 e. The Balaban J connectivity index is 1.65. The maximum Gasteiger partial charge on any atom is 0.317 e. The van der Waals surface area contributed by atoms with Gasteiger partial charge in [0.15, 0.2) is 0 Å². The third kappa shape index (κ3) is 4.86. The zero-order valence-corrected chi connectivity index (χ0v) is 14.3. The highest BCUT2D eigenvalue weighted by Gasteiger charge is 2.28. The van der Waals surface area contributed by atoms with Gasteiger partial charge in [0.05, 0.1) is 12.7 Å². The Bertz CT molecular complexity index is 511. The number of aryl methyl sites for hydroxylation is 2. The molecule has 0 spiro atoms. The summed E-state index contributed by atoms with van der Waals surface area (Å²) in [6.45, 7) is 8.41. The van der Waals surface area contributed by atoms with Gasteiger partial charge in [-0.25, -0.2) is 4.79 Å². The third-order valence-electron chi connectivity index (χ3n) is 4.45. The molecule has 5 nitrogen and oxygen atoms in total. The van der Waals surface area contributed by atoms with Crippen LogP contribution in [0.15, 0.2) is 18.2 Å². The number of likely N-dealkylation sites (tertiary alicyclic amines) is 1. The van der Waals surface area contributed by atoms with E-state index in [-0.39, 0.29) is 18.1 Å². The average Bonchev–Trinajstić information content (AvgIpc) is 2.99. The van der Waals surface area contributed by atoms with Crippen LogP contribution in [0, 0.1) is 19.8 Å². The predicted octanol–water partition coefficient (Wildman–Crippen LogP) is 2.48. The molecule has 0 aromatic heterocycles. The van der Waals surface area contributed by atoms with E-state index in [1.165, 1.54) is 0 Å². The number of hydrogen-bond acceptors (Lipinski definition) is 3. The normalized spacial score (nSPS) is 18.8. The minimum atomic E-state index is -0.349. The summed E-state index contributed by atoms with van der Waals surface area (Å²) in [6, 6.07) is 6.06. The summed E-state index contributed by atoms with van der Waals surface area (Å²) < 4.78 is 5.83. The van der Waals surface area contributed by atoms with Gasteiger partial charge in [0.25, 0.3) is 0 Å². The first kappa shape index (κ1) is 17.6.